The molecule has 2 aliphatic heterocycles. The Morgan fingerprint density at radius 2 is 2.06 bits per heavy atom. The van der Waals surface area contributed by atoms with Gasteiger partial charge in [-0.25, -0.2) is 4.79 Å². The monoisotopic (exact) mass is 455 g/mol. The summed E-state index contributed by atoms with van der Waals surface area (Å²) in [5, 5.41) is 19.6. The van der Waals surface area contributed by atoms with E-state index in [0.717, 1.165) is 30.8 Å². The summed E-state index contributed by atoms with van der Waals surface area (Å²) in [5.74, 6) is 0.0941. The molecule has 0 aliphatic carbocycles. The Kier molecular flexibility index (Phi) is 6.94. The van der Waals surface area contributed by atoms with Gasteiger partial charge in [-0.05, 0) is 45.4 Å². The number of hydrogen-bond acceptors (Lipinski definition) is 6. The minimum absolute atomic E-state index is 0.0271. The van der Waals surface area contributed by atoms with Gasteiger partial charge in [0.05, 0.1) is 18.3 Å². The fraction of sp³-hybridized carbons (Fsp3) is 0.565. The summed E-state index contributed by atoms with van der Waals surface area (Å²) in [7, 11) is 0. The van der Waals surface area contributed by atoms with Crippen LogP contribution in [0.5, 0.6) is 0 Å². The quantitative estimate of drug-likeness (QED) is 0.615. The number of nitrogens with one attached hydrogen (secondary N) is 2. The van der Waals surface area contributed by atoms with Crippen molar-refractivity contribution in [3.63, 3.8) is 0 Å². The van der Waals surface area contributed by atoms with Crippen LogP contribution in [0.2, 0.25) is 0 Å². The Hall–Kier alpha value is -2.98. The zero-order valence-electron chi connectivity index (χ0n) is 19.5. The third-order valence-electron chi connectivity index (χ3n) is 6.66. The lowest BCUT2D eigenvalue weighted by atomic mass is 10.0. The minimum atomic E-state index is -0.338. The van der Waals surface area contributed by atoms with Crippen molar-refractivity contribution < 1.29 is 14.7 Å². The van der Waals surface area contributed by atoms with Crippen LogP contribution in [-0.4, -0.2) is 85.3 Å². The van der Waals surface area contributed by atoms with Crippen LogP contribution in [0.1, 0.15) is 61.4 Å². The van der Waals surface area contributed by atoms with E-state index in [1.807, 2.05) is 16.7 Å². The zero-order valence-corrected chi connectivity index (χ0v) is 19.5. The predicted molar refractivity (Wildman–Crippen MR) is 124 cm³/mol. The highest BCUT2D eigenvalue weighted by atomic mass is 16.3. The molecule has 33 heavy (non-hydrogen) atoms. The van der Waals surface area contributed by atoms with Crippen molar-refractivity contribution >= 4 is 17.8 Å². The third kappa shape index (κ3) is 4.58. The maximum atomic E-state index is 13.6. The summed E-state index contributed by atoms with van der Waals surface area (Å²) in [5.41, 5.74) is 1.97. The molecule has 2 aromatic rings. The van der Waals surface area contributed by atoms with Gasteiger partial charge in [0.25, 0.3) is 5.91 Å². The molecule has 3 N–H and O–H groups in total. The molecule has 2 aliphatic rings. The Balaban J connectivity index is 1.47. The second-order valence-electron chi connectivity index (χ2n) is 8.88. The number of aliphatic hydroxyl groups is 1. The number of piperazine rings is 1. The molecule has 4 heterocycles. The highest BCUT2D eigenvalue weighted by Gasteiger charge is 2.41. The van der Waals surface area contributed by atoms with Gasteiger partial charge in [-0.2, -0.15) is 5.10 Å². The van der Waals surface area contributed by atoms with Gasteiger partial charge in [-0.1, -0.05) is 13.0 Å². The van der Waals surface area contributed by atoms with Crippen LogP contribution in [-0.2, 0) is 6.54 Å². The molecule has 10 nitrogen and oxygen atoms in total. The predicted octanol–water partition coefficient (Wildman–Crippen LogP) is 2.22. The molecule has 3 amide bonds. The maximum Gasteiger partial charge on any atom is 0.321 e. The van der Waals surface area contributed by atoms with Crippen molar-refractivity contribution in [2.24, 2.45) is 0 Å². The average Bonchev–Trinajstić information content (AvgIpc) is 3.36. The first-order valence-corrected chi connectivity index (χ1v) is 11.7. The summed E-state index contributed by atoms with van der Waals surface area (Å²) in [4.78, 5) is 36.3. The van der Waals surface area contributed by atoms with Crippen LogP contribution in [0.3, 0.4) is 0 Å². The van der Waals surface area contributed by atoms with E-state index in [-0.39, 0.29) is 36.7 Å². The molecule has 1 saturated heterocycles. The fourth-order valence-electron chi connectivity index (χ4n) is 4.88. The largest absolute Gasteiger partial charge is 0.396 e. The molecule has 0 aromatic carbocycles. The van der Waals surface area contributed by atoms with Gasteiger partial charge in [0, 0.05) is 43.5 Å². The number of pyridine rings is 1. The summed E-state index contributed by atoms with van der Waals surface area (Å²) in [6, 6.07) is 5.17. The Morgan fingerprint density at radius 1 is 1.24 bits per heavy atom. The molecule has 3 atom stereocenters. The van der Waals surface area contributed by atoms with Crippen LogP contribution in [0, 0.1) is 0 Å². The van der Waals surface area contributed by atoms with Crippen molar-refractivity contribution in [1.82, 2.24) is 29.9 Å². The van der Waals surface area contributed by atoms with Gasteiger partial charge < -0.3 is 20.2 Å². The molecule has 2 aromatic heterocycles. The minimum Gasteiger partial charge on any atom is -0.396 e. The molecule has 0 bridgehead atoms. The van der Waals surface area contributed by atoms with Gasteiger partial charge >= 0.3 is 6.03 Å². The van der Waals surface area contributed by atoms with E-state index in [1.165, 1.54) is 0 Å². The standard InChI is InChI=1S/C23H33N7O3/c1-4-10-28-12-15(2)29(13-17(28)8-11-31)23(33)30-14-18-20(16(30)3)26-27-21(18)25-22(32)19-7-5-6-9-24-19/h5-7,9,15-17,31H,4,8,10-14H2,1-3H3,(H2,25,26,27,32)/t15-,16?,17+/m0/s1. The second kappa shape index (κ2) is 9.88. The number of urea groups is 1. The molecule has 0 radical (unpaired) electrons. The van der Waals surface area contributed by atoms with Gasteiger partial charge in [0.2, 0.25) is 0 Å². The molecular weight excluding hydrogens is 422 g/mol. The normalized spacial score (nSPS) is 23.0. The number of rotatable bonds is 6. The highest BCUT2D eigenvalue weighted by Crippen LogP contribution is 2.37. The number of carbonyl (C=O) groups excluding carboxylic acids is 2. The topological polar surface area (TPSA) is 118 Å². The molecule has 4 rings (SSSR count). The van der Waals surface area contributed by atoms with E-state index in [1.54, 1.807) is 24.4 Å². The van der Waals surface area contributed by atoms with Crippen LogP contribution < -0.4 is 5.32 Å². The van der Waals surface area contributed by atoms with Crippen molar-refractivity contribution in [2.75, 3.05) is 31.6 Å². The SMILES string of the molecule is CCCN1C[C@H](C)N(C(=O)N2Cc3c(NC(=O)c4ccccn4)n[nH]c3C2C)C[C@H]1CCO. The van der Waals surface area contributed by atoms with Gasteiger partial charge in [0.15, 0.2) is 5.82 Å². The number of H-pyrrole nitrogens is 1. The highest BCUT2D eigenvalue weighted by molar-refractivity contribution is 6.02. The second-order valence-corrected chi connectivity index (χ2v) is 8.88. The molecule has 1 fully saturated rings. The van der Waals surface area contributed by atoms with E-state index in [9.17, 15) is 14.7 Å². The smallest absolute Gasteiger partial charge is 0.321 e. The lowest BCUT2D eigenvalue weighted by Gasteiger charge is -2.46. The van der Waals surface area contributed by atoms with Crippen LogP contribution >= 0.6 is 0 Å². The number of fused-ring (bicyclic) bond motifs is 1. The van der Waals surface area contributed by atoms with E-state index < -0.39 is 0 Å². The summed E-state index contributed by atoms with van der Waals surface area (Å²) in [6.07, 6.45) is 3.26. The van der Waals surface area contributed by atoms with Gasteiger partial charge in [0.1, 0.15) is 5.69 Å². The lowest BCUT2D eigenvalue weighted by molar-refractivity contribution is 0.0298. The first-order valence-electron chi connectivity index (χ1n) is 11.7. The van der Waals surface area contributed by atoms with Crippen LogP contribution in [0.25, 0.3) is 0 Å². The maximum absolute atomic E-state index is 13.6. The Bertz CT molecular complexity index is 980. The van der Waals surface area contributed by atoms with Crippen molar-refractivity contribution in [3.8, 4) is 0 Å². The molecule has 178 valence electrons. The lowest BCUT2D eigenvalue weighted by Crippen LogP contribution is -2.61. The van der Waals surface area contributed by atoms with E-state index in [4.69, 9.17) is 0 Å². The van der Waals surface area contributed by atoms with Gasteiger partial charge in [-0.3, -0.25) is 19.8 Å². The fourth-order valence-corrected chi connectivity index (χ4v) is 4.88. The summed E-state index contributed by atoms with van der Waals surface area (Å²) in [6.45, 7) is 9.03. The third-order valence-corrected chi connectivity index (χ3v) is 6.66. The Morgan fingerprint density at radius 3 is 2.76 bits per heavy atom. The molecular formula is C23H33N7O3. The van der Waals surface area contributed by atoms with Crippen molar-refractivity contribution in [2.45, 2.75) is 58.3 Å². The average molecular weight is 456 g/mol. The number of aromatic amines is 1. The van der Waals surface area contributed by atoms with E-state index in [2.05, 4.69) is 39.2 Å². The molecule has 0 saturated carbocycles. The molecule has 10 heteroatoms. The zero-order chi connectivity index (χ0) is 23.5. The van der Waals surface area contributed by atoms with E-state index in [0.29, 0.717) is 31.0 Å². The Labute approximate surface area is 194 Å². The van der Waals surface area contributed by atoms with Gasteiger partial charge in [-0.15, -0.1) is 0 Å². The van der Waals surface area contributed by atoms with Crippen LogP contribution in [0.4, 0.5) is 10.6 Å². The first kappa shape index (κ1) is 23.2. The number of carbonyl (C=O) groups is 2. The number of hydrogen-bond donors (Lipinski definition) is 3. The number of aromatic nitrogens is 3. The first-order chi connectivity index (χ1) is 15.9. The number of amides is 3. The molecule has 1 unspecified atom stereocenters. The van der Waals surface area contributed by atoms with Crippen molar-refractivity contribution in [1.29, 1.82) is 0 Å². The number of anilines is 1. The molecule has 0 spiro atoms. The van der Waals surface area contributed by atoms with E-state index >= 15 is 0 Å². The summed E-state index contributed by atoms with van der Waals surface area (Å²) < 4.78 is 0. The number of nitrogens with zero attached hydrogens (tertiary/aromatic N) is 5. The van der Waals surface area contributed by atoms with Crippen LogP contribution in [0.15, 0.2) is 24.4 Å². The van der Waals surface area contributed by atoms with Crippen molar-refractivity contribution in [3.05, 3.63) is 41.3 Å². The summed E-state index contributed by atoms with van der Waals surface area (Å²) >= 11 is 0. The number of aliphatic hydroxyl groups excluding tert-OH is 1.